The lowest BCUT2D eigenvalue weighted by atomic mass is 10.2. The van der Waals surface area contributed by atoms with Gasteiger partial charge in [0.25, 0.3) is 0 Å². The Kier molecular flexibility index (Phi) is 4.09. The first-order chi connectivity index (χ1) is 11.8. The molecule has 118 valence electrons. The smallest absolute Gasteiger partial charge is 0.138 e. The summed E-state index contributed by atoms with van der Waals surface area (Å²) in [5.74, 6) is 0.917. The summed E-state index contributed by atoms with van der Waals surface area (Å²) in [5, 5.41) is 0. The summed E-state index contributed by atoms with van der Waals surface area (Å²) in [5.41, 5.74) is 4.56. The summed E-state index contributed by atoms with van der Waals surface area (Å²) >= 11 is 1.79. The van der Waals surface area contributed by atoms with Gasteiger partial charge in [-0.1, -0.05) is 55.1 Å². The van der Waals surface area contributed by atoms with Gasteiger partial charge in [0.05, 0.1) is 11.0 Å². The van der Waals surface area contributed by atoms with E-state index in [1.807, 2.05) is 18.2 Å². The zero-order valence-electron chi connectivity index (χ0n) is 13.5. The number of nitrogens with one attached hydrogen (secondary N) is 1. The first kappa shape index (κ1) is 15.0. The Morgan fingerprint density at radius 2 is 1.50 bits per heavy atom. The fourth-order valence-electron chi connectivity index (χ4n) is 2.70. The maximum Gasteiger partial charge on any atom is 0.138 e. The fraction of sp³-hybridized carbons (Fsp3) is 0.0952. The third-order valence-corrected chi connectivity index (χ3v) is 5.10. The number of imidazole rings is 1. The molecule has 0 atom stereocenters. The molecular formula is C21H18N2S. The lowest BCUT2D eigenvalue weighted by molar-refractivity contribution is 1.13. The van der Waals surface area contributed by atoms with Crippen molar-refractivity contribution in [3.8, 4) is 11.4 Å². The van der Waals surface area contributed by atoms with E-state index in [1.54, 1.807) is 11.8 Å². The molecule has 24 heavy (non-hydrogen) atoms. The number of fused-ring (bicyclic) bond motifs is 1. The van der Waals surface area contributed by atoms with E-state index in [9.17, 15) is 0 Å². The zero-order valence-corrected chi connectivity index (χ0v) is 14.3. The molecule has 0 saturated heterocycles. The Hall–Kier alpha value is -2.52. The fourth-order valence-corrected chi connectivity index (χ4v) is 3.52. The first-order valence-electron chi connectivity index (χ1n) is 8.14. The molecule has 0 unspecified atom stereocenters. The van der Waals surface area contributed by atoms with Crippen molar-refractivity contribution in [2.45, 2.75) is 23.1 Å². The summed E-state index contributed by atoms with van der Waals surface area (Å²) in [6.07, 6.45) is 1.08. The average Bonchev–Trinajstić information content (AvgIpc) is 3.07. The van der Waals surface area contributed by atoms with E-state index in [4.69, 9.17) is 0 Å². The minimum absolute atomic E-state index is 0.917. The molecule has 0 spiro atoms. The highest BCUT2D eigenvalue weighted by molar-refractivity contribution is 7.99. The largest absolute Gasteiger partial charge is 0.338 e. The minimum atomic E-state index is 0.917. The standard InChI is InChI=1S/C21H18N2S/c1-2-15-7-11-17(12-8-15)24-18-13-9-16(10-14-18)21-22-19-5-3-4-6-20(19)23-21/h3-14H,2H2,1H3,(H,22,23). The third kappa shape index (κ3) is 3.08. The summed E-state index contributed by atoms with van der Waals surface area (Å²) in [7, 11) is 0. The van der Waals surface area contributed by atoms with Gasteiger partial charge in [0.15, 0.2) is 0 Å². The van der Waals surface area contributed by atoms with Gasteiger partial charge in [-0.2, -0.15) is 0 Å². The number of aromatic amines is 1. The maximum absolute atomic E-state index is 4.65. The molecule has 1 N–H and O–H groups in total. The number of nitrogens with zero attached hydrogens (tertiary/aromatic N) is 1. The van der Waals surface area contributed by atoms with Gasteiger partial charge in [-0.05, 0) is 48.4 Å². The molecule has 1 aromatic heterocycles. The van der Waals surface area contributed by atoms with E-state index in [0.29, 0.717) is 0 Å². The van der Waals surface area contributed by atoms with Crippen LogP contribution >= 0.6 is 11.8 Å². The van der Waals surface area contributed by atoms with Crippen molar-refractivity contribution in [1.82, 2.24) is 9.97 Å². The molecule has 4 aromatic rings. The van der Waals surface area contributed by atoms with Gasteiger partial charge in [-0.15, -0.1) is 0 Å². The van der Waals surface area contributed by atoms with E-state index < -0.39 is 0 Å². The summed E-state index contributed by atoms with van der Waals surface area (Å²) in [4.78, 5) is 10.5. The second-order valence-electron chi connectivity index (χ2n) is 5.73. The molecule has 4 rings (SSSR count). The van der Waals surface area contributed by atoms with Crippen LogP contribution < -0.4 is 0 Å². The molecule has 0 aliphatic carbocycles. The number of hydrogen-bond donors (Lipinski definition) is 1. The SMILES string of the molecule is CCc1ccc(Sc2ccc(-c3nc4ccccc4[nH]3)cc2)cc1. The Balaban J connectivity index is 1.55. The number of aryl methyl sites for hydroxylation is 1. The molecule has 0 saturated carbocycles. The maximum atomic E-state index is 4.65. The molecule has 3 heteroatoms. The topological polar surface area (TPSA) is 28.7 Å². The van der Waals surface area contributed by atoms with Crippen LogP contribution in [0.2, 0.25) is 0 Å². The van der Waals surface area contributed by atoms with Gasteiger partial charge in [-0.3, -0.25) is 0 Å². The highest BCUT2D eigenvalue weighted by Gasteiger charge is 2.05. The van der Waals surface area contributed by atoms with Crippen molar-refractivity contribution in [3.05, 3.63) is 78.4 Å². The van der Waals surface area contributed by atoms with Gasteiger partial charge >= 0.3 is 0 Å². The van der Waals surface area contributed by atoms with E-state index >= 15 is 0 Å². The predicted octanol–water partition coefficient (Wildman–Crippen LogP) is 5.94. The van der Waals surface area contributed by atoms with Crippen LogP contribution in [-0.2, 0) is 6.42 Å². The van der Waals surface area contributed by atoms with Crippen molar-refractivity contribution in [3.63, 3.8) is 0 Å². The number of aromatic nitrogens is 2. The summed E-state index contributed by atoms with van der Waals surface area (Å²) in [6.45, 7) is 2.18. The molecular weight excluding hydrogens is 312 g/mol. The highest BCUT2D eigenvalue weighted by atomic mass is 32.2. The Morgan fingerprint density at radius 3 is 2.17 bits per heavy atom. The number of rotatable bonds is 4. The Morgan fingerprint density at radius 1 is 0.833 bits per heavy atom. The van der Waals surface area contributed by atoms with Crippen LogP contribution in [-0.4, -0.2) is 9.97 Å². The lowest BCUT2D eigenvalue weighted by Crippen LogP contribution is -1.81. The van der Waals surface area contributed by atoms with Gasteiger partial charge in [0, 0.05) is 15.4 Å². The van der Waals surface area contributed by atoms with Crippen LogP contribution in [0.25, 0.3) is 22.4 Å². The molecule has 0 aliphatic heterocycles. The predicted molar refractivity (Wildman–Crippen MR) is 101 cm³/mol. The molecule has 0 radical (unpaired) electrons. The number of H-pyrrole nitrogens is 1. The number of benzene rings is 3. The number of para-hydroxylation sites is 2. The monoisotopic (exact) mass is 330 g/mol. The quantitative estimate of drug-likeness (QED) is 0.501. The van der Waals surface area contributed by atoms with Crippen LogP contribution in [0.4, 0.5) is 0 Å². The summed E-state index contributed by atoms with van der Waals surface area (Å²) < 4.78 is 0. The van der Waals surface area contributed by atoms with Crippen LogP contribution in [0.15, 0.2) is 82.6 Å². The molecule has 0 fully saturated rings. The minimum Gasteiger partial charge on any atom is -0.338 e. The van der Waals surface area contributed by atoms with E-state index in [2.05, 4.69) is 71.5 Å². The van der Waals surface area contributed by atoms with Crippen molar-refractivity contribution < 1.29 is 0 Å². The molecule has 0 amide bonds. The molecule has 2 nitrogen and oxygen atoms in total. The molecule has 0 aliphatic rings. The van der Waals surface area contributed by atoms with E-state index in [1.165, 1.54) is 15.4 Å². The molecule has 3 aromatic carbocycles. The van der Waals surface area contributed by atoms with E-state index in [-0.39, 0.29) is 0 Å². The summed E-state index contributed by atoms with van der Waals surface area (Å²) in [6, 6.07) is 25.5. The normalized spacial score (nSPS) is 11.0. The van der Waals surface area contributed by atoms with Crippen molar-refractivity contribution in [2.24, 2.45) is 0 Å². The van der Waals surface area contributed by atoms with Crippen molar-refractivity contribution >= 4 is 22.8 Å². The highest BCUT2D eigenvalue weighted by Crippen LogP contribution is 2.30. The second-order valence-corrected chi connectivity index (χ2v) is 6.87. The van der Waals surface area contributed by atoms with Crippen LogP contribution in [0.5, 0.6) is 0 Å². The molecule has 1 heterocycles. The Bertz CT molecular complexity index is 920. The first-order valence-corrected chi connectivity index (χ1v) is 8.95. The third-order valence-electron chi connectivity index (χ3n) is 4.08. The van der Waals surface area contributed by atoms with Gasteiger partial charge in [-0.25, -0.2) is 4.98 Å². The second kappa shape index (κ2) is 6.54. The molecule has 0 bridgehead atoms. The van der Waals surface area contributed by atoms with Crippen LogP contribution in [0.3, 0.4) is 0 Å². The lowest BCUT2D eigenvalue weighted by Gasteiger charge is -2.04. The zero-order chi connectivity index (χ0) is 16.4. The van der Waals surface area contributed by atoms with Gasteiger partial charge < -0.3 is 4.98 Å². The van der Waals surface area contributed by atoms with E-state index in [0.717, 1.165) is 28.8 Å². The van der Waals surface area contributed by atoms with Crippen LogP contribution in [0.1, 0.15) is 12.5 Å². The average molecular weight is 330 g/mol. The van der Waals surface area contributed by atoms with Crippen molar-refractivity contribution in [1.29, 1.82) is 0 Å². The van der Waals surface area contributed by atoms with Gasteiger partial charge in [0.2, 0.25) is 0 Å². The number of hydrogen-bond acceptors (Lipinski definition) is 2. The van der Waals surface area contributed by atoms with Gasteiger partial charge in [0.1, 0.15) is 5.82 Å². The van der Waals surface area contributed by atoms with Crippen LogP contribution in [0, 0.1) is 0 Å². The Labute approximate surface area is 146 Å². The van der Waals surface area contributed by atoms with Crippen molar-refractivity contribution in [2.75, 3.05) is 0 Å².